The Hall–Kier alpha value is -0.610. The van der Waals surface area contributed by atoms with Gasteiger partial charge in [0, 0.05) is 19.1 Å². The lowest BCUT2D eigenvalue weighted by Crippen LogP contribution is -2.58. The molecule has 0 aliphatic carbocycles. The minimum atomic E-state index is -0.254. The molecule has 1 amide bonds. The van der Waals surface area contributed by atoms with E-state index in [4.69, 9.17) is 0 Å². The fraction of sp³-hybridized carbons (Fsp3) is 0.923. The first-order chi connectivity index (χ1) is 8.22. The van der Waals surface area contributed by atoms with Crippen molar-refractivity contribution in [2.45, 2.75) is 50.6 Å². The zero-order chi connectivity index (χ0) is 12.3. The molecule has 0 aromatic rings. The van der Waals surface area contributed by atoms with Crippen molar-refractivity contribution in [2.24, 2.45) is 0 Å². The van der Waals surface area contributed by atoms with E-state index in [1.54, 1.807) is 0 Å². The Kier molecular flexibility index (Phi) is 4.05. The highest BCUT2D eigenvalue weighted by Crippen LogP contribution is 2.26. The number of carbonyl (C=O) groups excluding carboxylic acids is 1. The average molecular weight is 239 g/mol. The lowest BCUT2D eigenvalue weighted by atomic mass is 9.91. The summed E-state index contributed by atoms with van der Waals surface area (Å²) in [5, 5.41) is 6.73. The number of nitrogens with zero attached hydrogens (tertiary/aromatic N) is 1. The van der Waals surface area contributed by atoms with Gasteiger partial charge in [0.15, 0.2) is 0 Å². The van der Waals surface area contributed by atoms with Gasteiger partial charge in [0.25, 0.3) is 0 Å². The molecule has 0 spiro atoms. The summed E-state index contributed by atoms with van der Waals surface area (Å²) in [5.74, 6) is 0.331. The monoisotopic (exact) mass is 239 g/mol. The van der Waals surface area contributed by atoms with Crippen LogP contribution in [0.25, 0.3) is 0 Å². The topological polar surface area (TPSA) is 44.4 Å². The second-order valence-corrected chi connectivity index (χ2v) is 5.34. The summed E-state index contributed by atoms with van der Waals surface area (Å²) in [6, 6.07) is 0.475. The van der Waals surface area contributed by atoms with E-state index in [0.717, 1.165) is 45.3 Å². The van der Waals surface area contributed by atoms with Crippen LogP contribution in [0, 0.1) is 0 Å². The van der Waals surface area contributed by atoms with Crippen LogP contribution in [0.3, 0.4) is 0 Å². The van der Waals surface area contributed by atoms with Gasteiger partial charge in [-0.2, -0.15) is 0 Å². The van der Waals surface area contributed by atoms with Crippen LogP contribution in [0.15, 0.2) is 0 Å². The molecule has 2 N–H and O–H groups in total. The number of likely N-dealkylation sites (tertiary alicyclic amines) is 1. The fourth-order valence-electron chi connectivity index (χ4n) is 3.14. The van der Waals surface area contributed by atoms with E-state index in [0.29, 0.717) is 11.9 Å². The molecule has 0 radical (unpaired) electrons. The Morgan fingerprint density at radius 2 is 2.35 bits per heavy atom. The molecule has 2 atom stereocenters. The van der Waals surface area contributed by atoms with Crippen LogP contribution in [0.1, 0.15) is 39.0 Å². The van der Waals surface area contributed by atoms with Crippen molar-refractivity contribution in [3.8, 4) is 0 Å². The predicted octanol–water partition coefficient (Wildman–Crippen LogP) is 0.729. The van der Waals surface area contributed by atoms with Crippen LogP contribution < -0.4 is 10.6 Å². The van der Waals surface area contributed by atoms with Gasteiger partial charge < -0.3 is 15.5 Å². The van der Waals surface area contributed by atoms with Crippen LogP contribution in [0.2, 0.25) is 0 Å². The first kappa shape index (κ1) is 12.8. The zero-order valence-corrected chi connectivity index (χ0v) is 11.1. The number of amides is 1. The highest BCUT2D eigenvalue weighted by molar-refractivity contribution is 5.86. The van der Waals surface area contributed by atoms with Gasteiger partial charge in [-0.25, -0.2) is 0 Å². The van der Waals surface area contributed by atoms with Crippen molar-refractivity contribution in [1.29, 1.82) is 0 Å². The SMILES string of the molecule is CCC1(C(=O)N2CCCC(NC)C2)CCCN1. The Bertz CT molecular complexity index is 274. The molecule has 0 bridgehead atoms. The number of hydrogen-bond donors (Lipinski definition) is 2. The highest BCUT2D eigenvalue weighted by atomic mass is 16.2. The van der Waals surface area contributed by atoms with E-state index < -0.39 is 0 Å². The van der Waals surface area contributed by atoms with Crippen LogP contribution >= 0.6 is 0 Å². The van der Waals surface area contributed by atoms with Gasteiger partial charge in [-0.3, -0.25) is 4.79 Å². The quantitative estimate of drug-likeness (QED) is 0.763. The third kappa shape index (κ3) is 2.47. The minimum Gasteiger partial charge on any atom is -0.340 e. The molecule has 2 rings (SSSR count). The molecule has 2 heterocycles. The summed E-state index contributed by atoms with van der Waals surface area (Å²) in [4.78, 5) is 14.7. The molecular weight excluding hydrogens is 214 g/mol. The maximum Gasteiger partial charge on any atom is 0.242 e. The van der Waals surface area contributed by atoms with Crippen LogP contribution in [0.5, 0.6) is 0 Å². The van der Waals surface area contributed by atoms with Gasteiger partial charge in [-0.05, 0) is 45.7 Å². The molecule has 2 aliphatic heterocycles. The first-order valence-electron chi connectivity index (χ1n) is 6.93. The largest absolute Gasteiger partial charge is 0.340 e. The van der Waals surface area contributed by atoms with Gasteiger partial charge >= 0.3 is 0 Å². The maximum absolute atomic E-state index is 12.7. The molecule has 4 heteroatoms. The Balaban J connectivity index is 2.03. The zero-order valence-electron chi connectivity index (χ0n) is 11.1. The predicted molar refractivity (Wildman–Crippen MR) is 68.9 cm³/mol. The van der Waals surface area contributed by atoms with E-state index in [2.05, 4.69) is 22.5 Å². The Labute approximate surface area is 104 Å². The molecule has 4 nitrogen and oxygen atoms in total. The summed E-state index contributed by atoms with van der Waals surface area (Å²) in [7, 11) is 1.99. The summed E-state index contributed by atoms with van der Waals surface area (Å²) >= 11 is 0. The average Bonchev–Trinajstić information content (AvgIpc) is 2.88. The Morgan fingerprint density at radius 3 is 2.94 bits per heavy atom. The molecule has 0 aromatic heterocycles. The second-order valence-electron chi connectivity index (χ2n) is 5.34. The molecule has 2 saturated heterocycles. The Morgan fingerprint density at radius 1 is 1.53 bits per heavy atom. The van der Waals surface area contributed by atoms with Crippen molar-refractivity contribution in [3.63, 3.8) is 0 Å². The van der Waals surface area contributed by atoms with Crippen LogP contribution in [-0.4, -0.2) is 49.1 Å². The smallest absolute Gasteiger partial charge is 0.242 e. The van der Waals surface area contributed by atoms with Crippen molar-refractivity contribution in [2.75, 3.05) is 26.7 Å². The highest BCUT2D eigenvalue weighted by Gasteiger charge is 2.42. The first-order valence-corrected chi connectivity index (χ1v) is 6.93. The molecule has 2 unspecified atom stereocenters. The standard InChI is InChI=1S/C13H25N3O/c1-3-13(7-5-8-15-13)12(17)16-9-4-6-11(10-16)14-2/h11,14-15H,3-10H2,1-2H3. The molecule has 0 aromatic carbocycles. The summed E-state index contributed by atoms with van der Waals surface area (Å²) < 4.78 is 0. The number of rotatable bonds is 3. The number of carbonyl (C=O) groups is 1. The molecule has 0 saturated carbocycles. The lowest BCUT2D eigenvalue weighted by Gasteiger charge is -2.38. The van der Waals surface area contributed by atoms with Gasteiger partial charge in [0.2, 0.25) is 5.91 Å². The normalized spacial score (nSPS) is 34.0. The van der Waals surface area contributed by atoms with E-state index in [9.17, 15) is 4.79 Å². The van der Waals surface area contributed by atoms with Crippen molar-refractivity contribution < 1.29 is 4.79 Å². The minimum absolute atomic E-state index is 0.254. The number of piperidine rings is 1. The third-order valence-corrected chi connectivity index (χ3v) is 4.37. The lowest BCUT2D eigenvalue weighted by molar-refractivity contribution is -0.139. The molecule has 2 aliphatic rings. The van der Waals surface area contributed by atoms with Crippen LogP contribution in [0.4, 0.5) is 0 Å². The second kappa shape index (κ2) is 5.36. The summed E-state index contributed by atoms with van der Waals surface area (Å²) in [6.07, 6.45) is 5.35. The molecule has 17 heavy (non-hydrogen) atoms. The molecular formula is C13H25N3O. The van der Waals surface area contributed by atoms with Gasteiger partial charge in [-0.1, -0.05) is 6.92 Å². The van der Waals surface area contributed by atoms with E-state index in [1.165, 1.54) is 6.42 Å². The number of nitrogens with one attached hydrogen (secondary N) is 2. The number of likely N-dealkylation sites (N-methyl/N-ethyl adjacent to an activating group) is 1. The summed E-state index contributed by atoms with van der Waals surface area (Å²) in [6.45, 7) is 4.91. The van der Waals surface area contributed by atoms with Crippen molar-refractivity contribution >= 4 is 5.91 Å². The van der Waals surface area contributed by atoms with Crippen molar-refractivity contribution in [1.82, 2.24) is 15.5 Å². The third-order valence-electron chi connectivity index (χ3n) is 4.37. The molecule has 98 valence electrons. The van der Waals surface area contributed by atoms with E-state index in [1.807, 2.05) is 7.05 Å². The van der Waals surface area contributed by atoms with Crippen molar-refractivity contribution in [3.05, 3.63) is 0 Å². The van der Waals surface area contributed by atoms with Gasteiger partial charge in [0.05, 0.1) is 5.54 Å². The fourth-order valence-corrected chi connectivity index (χ4v) is 3.14. The molecule has 2 fully saturated rings. The van der Waals surface area contributed by atoms with E-state index >= 15 is 0 Å². The van der Waals surface area contributed by atoms with Gasteiger partial charge in [-0.15, -0.1) is 0 Å². The maximum atomic E-state index is 12.7. The van der Waals surface area contributed by atoms with Crippen LogP contribution in [-0.2, 0) is 4.79 Å². The van der Waals surface area contributed by atoms with Gasteiger partial charge in [0.1, 0.15) is 0 Å². The summed E-state index contributed by atoms with van der Waals surface area (Å²) in [5.41, 5.74) is -0.254. The number of hydrogen-bond acceptors (Lipinski definition) is 3. The van der Waals surface area contributed by atoms with E-state index in [-0.39, 0.29) is 5.54 Å².